The SMILES string of the molecule is CN(N=O)C(N)=O.Cl.NC(Cc1ccccc1)C(=O)O. The van der Waals surface area contributed by atoms with E-state index in [0.717, 1.165) is 5.56 Å². The highest BCUT2D eigenvalue weighted by molar-refractivity contribution is 5.85. The molecule has 0 aliphatic rings. The molecule has 1 aromatic rings. The standard InChI is InChI=1S/C9H11NO2.C2H5N3O2.ClH/c10-8(9(11)12)6-7-4-2-1-3-5-7;1-5(4-7)2(3)6;/h1-5,8H,6,10H2,(H,11,12);1H3,(H2,3,6);1H. The maximum atomic E-state index is 10.4. The molecule has 1 atom stereocenters. The van der Waals surface area contributed by atoms with Crippen LogP contribution in [0.3, 0.4) is 0 Å². The fourth-order valence-corrected chi connectivity index (χ4v) is 0.996. The molecule has 1 aromatic carbocycles. The van der Waals surface area contributed by atoms with Gasteiger partial charge in [-0.05, 0) is 12.0 Å². The van der Waals surface area contributed by atoms with Crippen LogP contribution in [-0.2, 0) is 11.2 Å². The van der Waals surface area contributed by atoms with Crippen molar-refractivity contribution in [3.05, 3.63) is 40.8 Å². The molecule has 0 aliphatic carbocycles. The number of amides is 2. The highest BCUT2D eigenvalue weighted by atomic mass is 35.5. The largest absolute Gasteiger partial charge is 0.480 e. The maximum absolute atomic E-state index is 10.4. The molecule has 0 radical (unpaired) electrons. The molecule has 1 rings (SSSR count). The van der Waals surface area contributed by atoms with E-state index in [1.807, 2.05) is 30.3 Å². The van der Waals surface area contributed by atoms with Crippen molar-refractivity contribution < 1.29 is 14.7 Å². The van der Waals surface area contributed by atoms with E-state index in [4.69, 9.17) is 10.8 Å². The lowest BCUT2D eigenvalue weighted by Gasteiger charge is -2.04. The number of nitrogens with two attached hydrogens (primary N) is 2. The van der Waals surface area contributed by atoms with E-state index in [2.05, 4.69) is 11.0 Å². The van der Waals surface area contributed by atoms with E-state index < -0.39 is 18.0 Å². The molecule has 0 bridgehead atoms. The predicted octanol–water partition coefficient (Wildman–Crippen LogP) is 0.741. The summed E-state index contributed by atoms with van der Waals surface area (Å²) in [5.41, 5.74) is 10.8. The van der Waals surface area contributed by atoms with Crippen molar-refractivity contribution in [2.75, 3.05) is 7.05 Å². The van der Waals surface area contributed by atoms with Gasteiger partial charge in [0.15, 0.2) is 0 Å². The minimum absolute atomic E-state index is 0. The molecular formula is C11H17ClN4O4. The van der Waals surface area contributed by atoms with Crippen LogP contribution < -0.4 is 11.5 Å². The molecule has 0 fully saturated rings. The third-order valence-electron chi connectivity index (χ3n) is 2.06. The topological polar surface area (TPSA) is 139 Å². The van der Waals surface area contributed by atoms with Crippen LogP contribution in [0.1, 0.15) is 5.56 Å². The van der Waals surface area contributed by atoms with Gasteiger partial charge in [-0.25, -0.2) is 4.79 Å². The average molecular weight is 305 g/mol. The Bertz CT molecular complexity index is 430. The van der Waals surface area contributed by atoms with Gasteiger partial charge < -0.3 is 16.6 Å². The monoisotopic (exact) mass is 304 g/mol. The smallest absolute Gasteiger partial charge is 0.337 e. The Morgan fingerprint density at radius 3 is 2.15 bits per heavy atom. The zero-order valence-electron chi connectivity index (χ0n) is 10.8. The number of halogens is 1. The van der Waals surface area contributed by atoms with E-state index in [0.29, 0.717) is 11.4 Å². The summed E-state index contributed by atoms with van der Waals surface area (Å²) in [6, 6.07) is 7.69. The van der Waals surface area contributed by atoms with E-state index in [1.54, 1.807) is 0 Å². The number of carbonyl (C=O) groups is 2. The van der Waals surface area contributed by atoms with Crippen LogP contribution in [0, 0.1) is 4.91 Å². The minimum atomic E-state index is -0.959. The molecule has 0 saturated heterocycles. The fraction of sp³-hybridized carbons (Fsp3) is 0.273. The van der Waals surface area contributed by atoms with Gasteiger partial charge in [0.05, 0.1) is 5.29 Å². The Morgan fingerprint density at radius 2 is 1.85 bits per heavy atom. The fourth-order valence-electron chi connectivity index (χ4n) is 0.996. The highest BCUT2D eigenvalue weighted by Gasteiger charge is 2.10. The second-order valence-electron chi connectivity index (χ2n) is 3.58. The second kappa shape index (κ2) is 10.7. The summed E-state index contributed by atoms with van der Waals surface area (Å²) in [7, 11) is 1.18. The molecule has 112 valence electrons. The molecule has 0 saturated carbocycles. The summed E-state index contributed by atoms with van der Waals surface area (Å²) in [5.74, 6) is -0.959. The van der Waals surface area contributed by atoms with Crippen molar-refractivity contribution in [3.63, 3.8) is 0 Å². The molecule has 9 heteroatoms. The number of nitrogens with zero attached hydrogens (tertiary/aromatic N) is 2. The van der Waals surface area contributed by atoms with Crippen molar-refractivity contribution in [1.29, 1.82) is 0 Å². The van der Waals surface area contributed by atoms with Crippen LogP contribution in [0.25, 0.3) is 0 Å². The van der Waals surface area contributed by atoms with E-state index in [9.17, 15) is 14.5 Å². The van der Waals surface area contributed by atoms with Gasteiger partial charge in [0, 0.05) is 7.05 Å². The number of carboxylic acid groups (broad SMARTS) is 1. The number of aliphatic carboxylic acids is 1. The first-order chi connectivity index (χ1) is 8.88. The number of primary amides is 1. The maximum Gasteiger partial charge on any atom is 0.337 e. The zero-order valence-corrected chi connectivity index (χ0v) is 11.6. The Balaban J connectivity index is 0. The number of nitroso groups, excluding NO2 is 1. The van der Waals surface area contributed by atoms with Gasteiger partial charge in [0.1, 0.15) is 6.04 Å². The molecule has 8 nitrogen and oxygen atoms in total. The molecule has 0 aliphatic heterocycles. The first-order valence-corrected chi connectivity index (χ1v) is 5.27. The molecule has 20 heavy (non-hydrogen) atoms. The van der Waals surface area contributed by atoms with Crippen LogP contribution >= 0.6 is 12.4 Å². The first kappa shape index (κ1) is 20.1. The summed E-state index contributed by atoms with van der Waals surface area (Å²) in [4.78, 5) is 29.5. The van der Waals surface area contributed by atoms with Crippen LogP contribution in [0.4, 0.5) is 4.79 Å². The second-order valence-corrected chi connectivity index (χ2v) is 3.58. The number of benzene rings is 1. The van der Waals surface area contributed by atoms with Gasteiger partial charge >= 0.3 is 12.0 Å². The zero-order chi connectivity index (χ0) is 14.8. The van der Waals surface area contributed by atoms with Crippen molar-refractivity contribution in [3.8, 4) is 0 Å². The Hall–Kier alpha value is -2.19. The van der Waals surface area contributed by atoms with Gasteiger partial charge in [0.2, 0.25) is 0 Å². The van der Waals surface area contributed by atoms with Gasteiger partial charge in [-0.3, -0.25) is 4.79 Å². The quantitative estimate of drug-likeness (QED) is 0.556. The predicted molar refractivity (Wildman–Crippen MR) is 76.1 cm³/mol. The molecular weight excluding hydrogens is 288 g/mol. The van der Waals surface area contributed by atoms with Crippen molar-refractivity contribution in [1.82, 2.24) is 5.01 Å². The Labute approximate surface area is 122 Å². The van der Waals surface area contributed by atoms with Gasteiger partial charge in [-0.2, -0.15) is 5.01 Å². The van der Waals surface area contributed by atoms with E-state index >= 15 is 0 Å². The lowest BCUT2D eigenvalue weighted by molar-refractivity contribution is -0.138. The van der Waals surface area contributed by atoms with E-state index in [-0.39, 0.29) is 12.4 Å². The lowest BCUT2D eigenvalue weighted by Crippen LogP contribution is -2.32. The number of hydrogen-bond donors (Lipinski definition) is 3. The summed E-state index contributed by atoms with van der Waals surface area (Å²) >= 11 is 0. The van der Waals surface area contributed by atoms with Gasteiger partial charge in [0.25, 0.3) is 0 Å². The normalized spacial score (nSPS) is 10.1. The Kier molecular flexibility index (Phi) is 10.8. The minimum Gasteiger partial charge on any atom is -0.480 e. The number of carbonyl (C=O) groups excluding carboxylic acids is 1. The summed E-state index contributed by atoms with van der Waals surface area (Å²) in [5, 5.41) is 11.2. The van der Waals surface area contributed by atoms with Crippen LogP contribution in [-0.4, -0.2) is 35.2 Å². The average Bonchev–Trinajstić information content (AvgIpc) is 2.39. The van der Waals surface area contributed by atoms with Crippen LogP contribution in [0.2, 0.25) is 0 Å². The Morgan fingerprint density at radius 1 is 1.35 bits per heavy atom. The first-order valence-electron chi connectivity index (χ1n) is 5.27. The van der Waals surface area contributed by atoms with Gasteiger partial charge in [-0.15, -0.1) is 17.3 Å². The van der Waals surface area contributed by atoms with Crippen molar-refractivity contribution in [2.24, 2.45) is 16.8 Å². The summed E-state index contributed by atoms with van der Waals surface area (Å²) < 4.78 is 0. The highest BCUT2D eigenvalue weighted by Crippen LogP contribution is 2.01. The molecule has 2 amide bonds. The lowest BCUT2D eigenvalue weighted by atomic mass is 10.1. The van der Waals surface area contributed by atoms with Crippen LogP contribution in [0.5, 0.6) is 0 Å². The molecule has 0 spiro atoms. The van der Waals surface area contributed by atoms with Crippen LogP contribution in [0.15, 0.2) is 35.6 Å². The molecule has 5 N–H and O–H groups in total. The molecule has 0 heterocycles. The van der Waals surface area contributed by atoms with E-state index in [1.165, 1.54) is 7.05 Å². The number of rotatable bonds is 4. The number of urea groups is 1. The molecule has 1 unspecified atom stereocenters. The van der Waals surface area contributed by atoms with Gasteiger partial charge in [-0.1, -0.05) is 30.3 Å². The third-order valence-corrected chi connectivity index (χ3v) is 2.06. The third kappa shape index (κ3) is 8.84. The van der Waals surface area contributed by atoms with Crippen molar-refractivity contribution in [2.45, 2.75) is 12.5 Å². The van der Waals surface area contributed by atoms with Crippen molar-refractivity contribution >= 4 is 24.4 Å². The molecule has 0 aromatic heterocycles. The number of carboxylic acids is 1. The summed E-state index contributed by atoms with van der Waals surface area (Å²) in [6.45, 7) is 0. The number of hydrogen-bond acceptors (Lipinski definition) is 5. The summed E-state index contributed by atoms with van der Waals surface area (Å²) in [6.07, 6.45) is 0.385.